The third-order valence-corrected chi connectivity index (χ3v) is 4.53. The Morgan fingerprint density at radius 2 is 1.52 bits per heavy atom. The van der Waals surface area contributed by atoms with Crippen molar-refractivity contribution in [2.75, 3.05) is 7.11 Å². The Bertz CT molecular complexity index is 911. The number of benzene rings is 3. The van der Waals surface area contributed by atoms with Gasteiger partial charge >= 0.3 is 0 Å². The molecule has 0 atom stereocenters. The third-order valence-electron chi connectivity index (χ3n) is 4.00. The first-order chi connectivity index (χ1) is 13.1. The summed E-state index contributed by atoms with van der Waals surface area (Å²) in [4.78, 5) is 12.2. The van der Waals surface area contributed by atoms with Crippen LogP contribution in [0.5, 0.6) is 11.5 Å². The predicted octanol–water partition coefficient (Wildman–Crippen LogP) is 5.93. The van der Waals surface area contributed by atoms with Gasteiger partial charge in [-0.1, -0.05) is 46.3 Å². The highest BCUT2D eigenvalue weighted by molar-refractivity contribution is 9.10. The van der Waals surface area contributed by atoms with E-state index in [4.69, 9.17) is 9.47 Å². The molecule has 0 N–H and O–H groups in total. The first kappa shape index (κ1) is 18.9. The standard InChI is InChI=1S/C23H19BrO3/c1-26-21-13-7-19(8-14-21)23(25)15-6-17-4-11-22(12-5-17)27-16-18-2-9-20(24)10-3-18/h2-15H,16H2,1H3/b15-6+. The van der Waals surface area contributed by atoms with Crippen molar-refractivity contribution in [2.45, 2.75) is 6.61 Å². The number of carbonyl (C=O) groups excluding carboxylic acids is 1. The summed E-state index contributed by atoms with van der Waals surface area (Å²) < 4.78 is 11.9. The van der Waals surface area contributed by atoms with Crippen LogP contribution in [-0.2, 0) is 6.61 Å². The molecule has 0 bridgehead atoms. The van der Waals surface area contributed by atoms with Crippen LogP contribution < -0.4 is 9.47 Å². The van der Waals surface area contributed by atoms with Crippen molar-refractivity contribution in [2.24, 2.45) is 0 Å². The molecule has 0 saturated carbocycles. The fraction of sp³-hybridized carbons (Fsp3) is 0.0870. The predicted molar refractivity (Wildman–Crippen MR) is 111 cm³/mol. The van der Waals surface area contributed by atoms with E-state index in [-0.39, 0.29) is 5.78 Å². The highest BCUT2D eigenvalue weighted by atomic mass is 79.9. The Labute approximate surface area is 167 Å². The van der Waals surface area contributed by atoms with Crippen LogP contribution in [0.4, 0.5) is 0 Å². The minimum atomic E-state index is -0.0479. The fourth-order valence-corrected chi connectivity index (χ4v) is 2.71. The summed E-state index contributed by atoms with van der Waals surface area (Å²) in [7, 11) is 1.60. The Morgan fingerprint density at radius 1 is 0.889 bits per heavy atom. The Kier molecular flexibility index (Phi) is 6.44. The zero-order valence-electron chi connectivity index (χ0n) is 14.9. The van der Waals surface area contributed by atoms with E-state index in [0.717, 1.165) is 27.1 Å². The van der Waals surface area contributed by atoms with Crippen molar-refractivity contribution >= 4 is 27.8 Å². The molecule has 4 heteroatoms. The molecule has 0 heterocycles. The summed E-state index contributed by atoms with van der Waals surface area (Å²) in [5.41, 5.74) is 2.67. The van der Waals surface area contributed by atoms with E-state index in [1.807, 2.05) is 48.5 Å². The largest absolute Gasteiger partial charge is 0.497 e. The topological polar surface area (TPSA) is 35.5 Å². The summed E-state index contributed by atoms with van der Waals surface area (Å²) in [6, 6.07) is 22.7. The van der Waals surface area contributed by atoms with Crippen molar-refractivity contribution in [3.05, 3.63) is 100 Å². The number of methoxy groups -OCH3 is 1. The maximum absolute atomic E-state index is 12.2. The zero-order valence-corrected chi connectivity index (χ0v) is 16.5. The minimum Gasteiger partial charge on any atom is -0.497 e. The van der Waals surface area contributed by atoms with E-state index < -0.39 is 0 Å². The van der Waals surface area contributed by atoms with Crippen LogP contribution in [0.2, 0.25) is 0 Å². The first-order valence-corrected chi connectivity index (χ1v) is 9.27. The van der Waals surface area contributed by atoms with E-state index in [1.54, 1.807) is 43.5 Å². The number of allylic oxidation sites excluding steroid dienone is 1. The number of ether oxygens (including phenoxy) is 2. The second kappa shape index (κ2) is 9.19. The quantitative estimate of drug-likeness (QED) is 0.349. The molecule has 3 aromatic rings. The van der Waals surface area contributed by atoms with Crippen LogP contribution in [0, 0.1) is 0 Å². The van der Waals surface area contributed by atoms with Crippen LogP contribution in [0.3, 0.4) is 0 Å². The molecule has 136 valence electrons. The normalized spacial score (nSPS) is 10.7. The lowest BCUT2D eigenvalue weighted by Crippen LogP contribution is -1.95. The van der Waals surface area contributed by atoms with Crippen LogP contribution in [-0.4, -0.2) is 12.9 Å². The van der Waals surface area contributed by atoms with Crippen molar-refractivity contribution in [1.29, 1.82) is 0 Å². The lowest BCUT2D eigenvalue weighted by molar-refractivity contribution is 0.104. The summed E-state index contributed by atoms with van der Waals surface area (Å²) in [5, 5.41) is 0. The summed E-state index contributed by atoms with van der Waals surface area (Å²) in [6.45, 7) is 0.512. The van der Waals surface area contributed by atoms with E-state index in [2.05, 4.69) is 15.9 Å². The summed E-state index contributed by atoms with van der Waals surface area (Å²) in [6.07, 6.45) is 3.37. The van der Waals surface area contributed by atoms with Gasteiger partial charge in [0.25, 0.3) is 0 Å². The van der Waals surface area contributed by atoms with Crippen LogP contribution in [0.15, 0.2) is 83.3 Å². The number of hydrogen-bond donors (Lipinski definition) is 0. The molecule has 0 aliphatic heterocycles. The molecule has 0 spiro atoms. The minimum absolute atomic E-state index is 0.0479. The van der Waals surface area contributed by atoms with Gasteiger partial charge in [0.1, 0.15) is 18.1 Å². The number of hydrogen-bond acceptors (Lipinski definition) is 3. The van der Waals surface area contributed by atoms with E-state index >= 15 is 0 Å². The molecule has 3 aromatic carbocycles. The van der Waals surface area contributed by atoms with Gasteiger partial charge in [-0.2, -0.15) is 0 Å². The smallest absolute Gasteiger partial charge is 0.185 e. The van der Waals surface area contributed by atoms with Crippen molar-refractivity contribution < 1.29 is 14.3 Å². The summed E-state index contributed by atoms with van der Waals surface area (Å²) >= 11 is 3.42. The summed E-state index contributed by atoms with van der Waals surface area (Å²) in [5.74, 6) is 1.47. The second-order valence-corrected chi connectivity index (χ2v) is 6.83. The number of carbonyl (C=O) groups is 1. The van der Waals surface area contributed by atoms with Crippen LogP contribution in [0.1, 0.15) is 21.5 Å². The lowest BCUT2D eigenvalue weighted by Gasteiger charge is -2.06. The van der Waals surface area contributed by atoms with Crippen molar-refractivity contribution in [3.8, 4) is 11.5 Å². The molecule has 0 unspecified atom stereocenters. The van der Waals surface area contributed by atoms with E-state index in [9.17, 15) is 4.79 Å². The van der Waals surface area contributed by atoms with Crippen LogP contribution >= 0.6 is 15.9 Å². The van der Waals surface area contributed by atoms with Crippen molar-refractivity contribution in [1.82, 2.24) is 0 Å². The Morgan fingerprint density at radius 3 is 2.15 bits per heavy atom. The SMILES string of the molecule is COc1ccc(C(=O)/C=C/c2ccc(OCc3ccc(Br)cc3)cc2)cc1. The van der Waals surface area contributed by atoms with Crippen molar-refractivity contribution in [3.63, 3.8) is 0 Å². The van der Waals surface area contributed by atoms with E-state index in [0.29, 0.717) is 12.2 Å². The monoisotopic (exact) mass is 422 g/mol. The van der Waals surface area contributed by atoms with Gasteiger partial charge in [0.05, 0.1) is 7.11 Å². The van der Waals surface area contributed by atoms with Gasteiger partial charge in [0.2, 0.25) is 0 Å². The molecule has 0 radical (unpaired) electrons. The lowest BCUT2D eigenvalue weighted by atomic mass is 10.1. The number of rotatable bonds is 7. The molecule has 0 fully saturated rings. The first-order valence-electron chi connectivity index (χ1n) is 8.48. The Hall–Kier alpha value is -2.85. The molecular weight excluding hydrogens is 404 g/mol. The average Bonchev–Trinajstić information content (AvgIpc) is 2.72. The molecule has 0 amide bonds. The zero-order chi connectivity index (χ0) is 19.1. The van der Waals surface area contributed by atoms with E-state index in [1.165, 1.54) is 0 Å². The maximum atomic E-state index is 12.2. The highest BCUT2D eigenvalue weighted by Gasteiger charge is 2.02. The Balaban J connectivity index is 1.56. The average molecular weight is 423 g/mol. The molecule has 3 rings (SSSR count). The second-order valence-electron chi connectivity index (χ2n) is 5.91. The molecule has 3 nitrogen and oxygen atoms in total. The molecule has 0 aromatic heterocycles. The highest BCUT2D eigenvalue weighted by Crippen LogP contribution is 2.17. The molecule has 0 saturated heterocycles. The molecule has 27 heavy (non-hydrogen) atoms. The number of halogens is 1. The number of ketones is 1. The van der Waals surface area contributed by atoms with Gasteiger partial charge in [-0.15, -0.1) is 0 Å². The maximum Gasteiger partial charge on any atom is 0.185 e. The van der Waals surface area contributed by atoms with Crippen LogP contribution in [0.25, 0.3) is 6.08 Å². The fourth-order valence-electron chi connectivity index (χ4n) is 2.45. The molecular formula is C23H19BrO3. The van der Waals surface area contributed by atoms with Gasteiger partial charge in [-0.25, -0.2) is 0 Å². The molecule has 0 aliphatic rings. The third kappa shape index (κ3) is 5.56. The molecule has 0 aliphatic carbocycles. The van der Waals surface area contributed by atoms with Gasteiger partial charge in [0, 0.05) is 10.0 Å². The van der Waals surface area contributed by atoms with Gasteiger partial charge in [-0.05, 0) is 65.7 Å². The van der Waals surface area contributed by atoms with Gasteiger partial charge in [-0.3, -0.25) is 4.79 Å². The van der Waals surface area contributed by atoms with Gasteiger partial charge in [0.15, 0.2) is 5.78 Å². The van der Waals surface area contributed by atoms with Gasteiger partial charge < -0.3 is 9.47 Å².